The number of hydrogen-bond acceptors (Lipinski definition) is 19. The molecule has 30 nitrogen and oxygen atoms in total. The number of para-hydroxylation sites is 1. The Morgan fingerprint density at radius 2 is 0.776 bits per heavy atom. The highest BCUT2D eigenvalue weighted by Gasteiger charge is 2.29. The second-order valence-electron chi connectivity index (χ2n) is 33.9. The molecular weight excluding hydrogens is 1980 g/mol. The zero-order valence-electron chi connectivity index (χ0n) is 76.7. The van der Waals surface area contributed by atoms with E-state index in [9.17, 15) is 81.9 Å². The second-order valence-corrected chi connectivity index (χ2v) is 38.0. The van der Waals surface area contributed by atoms with E-state index in [2.05, 4.69) is 10.0 Å². The van der Waals surface area contributed by atoms with Gasteiger partial charge in [-0.15, -0.1) is 0 Å². The van der Waals surface area contributed by atoms with Gasteiger partial charge in [0.2, 0.25) is 10.0 Å². The number of benzene rings is 12. The fourth-order valence-electron chi connectivity index (χ4n) is 18.7. The van der Waals surface area contributed by atoms with Crippen LogP contribution in [0.15, 0.2) is 242 Å². The van der Waals surface area contributed by atoms with Crippen molar-refractivity contribution in [2.45, 2.75) is 76.7 Å². The second kappa shape index (κ2) is 43.6. The van der Waals surface area contributed by atoms with Gasteiger partial charge in [-0.25, -0.2) is 8.42 Å². The number of carboxylic acids is 5. The van der Waals surface area contributed by atoms with Crippen molar-refractivity contribution >= 4 is 241 Å². The number of aliphatic carboxylic acids is 5. The molecule has 3 aliphatic heterocycles. The molecule has 0 saturated carbocycles. The molecule has 0 aliphatic carbocycles. The van der Waals surface area contributed by atoms with Crippen LogP contribution in [-0.2, 0) is 80.9 Å². The predicted octanol–water partition coefficient (Wildman–Crippen LogP) is 20.5. The van der Waals surface area contributed by atoms with E-state index in [0.29, 0.717) is 191 Å². The highest BCUT2D eigenvalue weighted by molar-refractivity contribution is 7.92. The number of nitrogens with zero attached hydrogens (tertiary/aromatic N) is 5. The summed E-state index contributed by atoms with van der Waals surface area (Å²) in [6.45, 7) is 2.31. The van der Waals surface area contributed by atoms with E-state index < -0.39 is 46.4 Å². The molecule has 2 saturated heterocycles. The number of halogens is 6. The first-order valence-corrected chi connectivity index (χ1v) is 48.9. The molecule has 2 fully saturated rings. The van der Waals surface area contributed by atoms with E-state index in [1.807, 2.05) is 72.8 Å². The standard InChI is InChI=1S/C22H17Cl2N3O5S.C21H20ClNO5.C21H18ClNO5.C21H20ClNO5.C21H14ClNO3/c1-33(31,32)26-14-4-2-3-12(9-14)25-13-5-6-15-18(10-13)27(11-19(28)29)21-16(22(15)30)7-8-17(23)20(21)24;2*1-27-21-16(22)5-4-15-19(21)23(11-18(24)25)17-10-13(2-3-14(17)20(15)26)12-6-8-28-9-7-12;1-27-21-16(22)7-6-15-19(21)23(10-18(24)25)17-9-12(4-5-14(17)20(15)26)13-3-2-8-28-11-13;22-16-11-10-15-20(19(16)13-6-2-1-3-7-13)23(12-18(24)25)17-9-5-4-8-14(17)21(15)26/h2-10,25-26H,11H2,1H3,(H,28,29);2-5,10,12H,6-9,11H2,1H3,(H,24,25);2-6,10H,7-9,11H2,1H3,(H,24,25);4-7,9,13H,2-3,8,10-11H2,1H3,(H,24,25);1-11H,12H2,(H,24,25). The highest BCUT2D eigenvalue weighted by Crippen LogP contribution is 2.43. The van der Waals surface area contributed by atoms with Gasteiger partial charge in [-0.1, -0.05) is 142 Å². The Morgan fingerprint density at radius 1 is 0.371 bits per heavy atom. The van der Waals surface area contributed by atoms with Gasteiger partial charge >= 0.3 is 29.8 Å². The van der Waals surface area contributed by atoms with Gasteiger partial charge in [-0.05, 0) is 211 Å². The molecule has 0 bridgehead atoms. The molecule has 734 valence electrons. The van der Waals surface area contributed by atoms with Crippen molar-refractivity contribution in [2.75, 3.05) is 77.3 Å². The number of pyridine rings is 5. The normalized spacial score (nSPS) is 13.8. The molecule has 0 radical (unpaired) electrons. The molecule has 143 heavy (non-hydrogen) atoms. The topological polar surface area (TPSA) is 410 Å². The average molecular weight is 2070 g/mol. The number of carboxylic acid groups (broad SMARTS) is 5. The van der Waals surface area contributed by atoms with Crippen molar-refractivity contribution in [3.63, 3.8) is 0 Å². The minimum atomic E-state index is -3.44. The number of sulfonamides is 1. The first-order valence-electron chi connectivity index (χ1n) is 44.7. The Balaban J connectivity index is 0.000000129. The van der Waals surface area contributed by atoms with Crippen LogP contribution in [0.3, 0.4) is 0 Å². The Labute approximate surface area is 843 Å². The maximum absolute atomic E-state index is 13.1. The third kappa shape index (κ3) is 21.4. The molecule has 7 N–H and O–H groups in total. The van der Waals surface area contributed by atoms with Crippen LogP contribution < -0.4 is 51.4 Å². The summed E-state index contributed by atoms with van der Waals surface area (Å²) >= 11 is 37.8. The fraction of sp³-hybridized carbons (Fsp3) is 0.208. The summed E-state index contributed by atoms with van der Waals surface area (Å²) in [5.74, 6) is -3.72. The van der Waals surface area contributed by atoms with Crippen molar-refractivity contribution in [1.29, 1.82) is 0 Å². The van der Waals surface area contributed by atoms with Crippen molar-refractivity contribution in [3.8, 4) is 28.4 Å². The summed E-state index contributed by atoms with van der Waals surface area (Å²) in [6.07, 6.45) is 7.60. The van der Waals surface area contributed by atoms with Gasteiger partial charge < -0.3 is 82.1 Å². The molecule has 0 amide bonds. The molecule has 1 unspecified atom stereocenters. The van der Waals surface area contributed by atoms with E-state index in [1.165, 1.54) is 38.0 Å². The number of aromatic nitrogens is 5. The monoisotopic (exact) mass is 2070 g/mol. The lowest BCUT2D eigenvalue weighted by atomic mass is 9.91. The SMILES string of the molecule is COc1c(Cl)ccc2c(=O)c3ccc(C4=CCOCC4)cc3n(CC(=O)O)c12.COc1c(Cl)ccc2c(=O)c3ccc(C4CCCOC4)cc3n(CC(=O)O)c12.COc1c(Cl)ccc2c(=O)c3ccc(C4CCOCC4)cc3n(CC(=O)O)c12.CS(=O)(=O)Nc1cccc(Nc2ccc3c(=O)c4ccc(Cl)c(Cl)c4n(CC(=O)O)c3c2)c1.O=C(O)Cn1c2ccccc2c(=O)c2ccc(Cl)c(-c3ccccc3)c21. The van der Waals surface area contributed by atoms with Crippen LogP contribution >= 0.6 is 69.6 Å². The molecule has 37 heteroatoms. The Morgan fingerprint density at radius 3 is 1.25 bits per heavy atom. The van der Waals surface area contributed by atoms with Crippen molar-refractivity contribution in [2.24, 2.45) is 0 Å². The third-order valence-electron chi connectivity index (χ3n) is 24.9. The van der Waals surface area contributed by atoms with Gasteiger partial charge in [0.25, 0.3) is 0 Å². The third-order valence-corrected chi connectivity index (χ3v) is 27.5. The molecule has 3 aliphatic rings. The van der Waals surface area contributed by atoms with Crippen LogP contribution in [0.5, 0.6) is 17.2 Å². The highest BCUT2D eigenvalue weighted by atomic mass is 35.5. The number of carbonyl (C=O) groups is 5. The molecule has 5 aromatic heterocycles. The first kappa shape index (κ1) is 102. The number of nitrogens with one attached hydrogen (secondary N) is 2. The Kier molecular flexibility index (Phi) is 31.0. The fourth-order valence-corrected chi connectivity index (χ4v) is 20.6. The maximum atomic E-state index is 13.1. The summed E-state index contributed by atoms with van der Waals surface area (Å²) in [4.78, 5) is 123. The number of ether oxygens (including phenoxy) is 6. The van der Waals surface area contributed by atoms with Crippen LogP contribution in [0, 0.1) is 0 Å². The van der Waals surface area contributed by atoms with Gasteiger partial charge in [0.15, 0.2) is 44.4 Å². The van der Waals surface area contributed by atoms with Crippen molar-refractivity contribution in [1.82, 2.24) is 22.8 Å². The maximum Gasteiger partial charge on any atom is 0.323 e. The summed E-state index contributed by atoms with van der Waals surface area (Å²) in [5, 5.41) is 56.4. The number of methoxy groups -OCH3 is 3. The number of fused-ring (bicyclic) bond motifs is 10. The Bertz CT molecular complexity index is 8370. The Hall–Kier alpha value is -14.4. The first-order chi connectivity index (χ1) is 68.6. The lowest BCUT2D eigenvalue weighted by molar-refractivity contribution is -0.138. The smallest absolute Gasteiger partial charge is 0.323 e. The number of anilines is 3. The number of rotatable bonds is 21. The summed E-state index contributed by atoms with van der Waals surface area (Å²) in [7, 11) is 0.919. The van der Waals surface area contributed by atoms with Crippen LogP contribution in [0.25, 0.3) is 126 Å². The summed E-state index contributed by atoms with van der Waals surface area (Å²) in [5.41, 5.74) is 10.8. The minimum absolute atomic E-state index is 0.0901. The van der Waals surface area contributed by atoms with E-state index >= 15 is 0 Å². The zero-order chi connectivity index (χ0) is 102. The lowest BCUT2D eigenvalue weighted by Crippen LogP contribution is -2.18. The average Bonchev–Trinajstić information content (AvgIpc) is 0.754. The molecular formula is C106H89Cl6N7O23S. The molecule has 0 spiro atoms. The largest absolute Gasteiger partial charge is 0.493 e. The zero-order valence-corrected chi connectivity index (χ0v) is 82.1. The molecule has 12 aromatic carbocycles. The van der Waals surface area contributed by atoms with Crippen LogP contribution in [0.4, 0.5) is 17.1 Å². The van der Waals surface area contributed by atoms with Crippen molar-refractivity contribution < 1.29 is 86.3 Å². The van der Waals surface area contributed by atoms with Gasteiger partial charge in [0.05, 0.1) is 155 Å². The predicted molar refractivity (Wildman–Crippen MR) is 559 cm³/mol. The van der Waals surface area contributed by atoms with Crippen molar-refractivity contribution in [3.05, 3.63) is 316 Å². The summed E-state index contributed by atoms with van der Waals surface area (Å²) < 4.78 is 66.0. The van der Waals surface area contributed by atoms with Crippen LogP contribution in [-0.4, -0.2) is 154 Å². The van der Waals surface area contributed by atoms with E-state index in [-0.39, 0.29) is 85.9 Å². The van der Waals surface area contributed by atoms with Gasteiger partial charge in [-0.2, -0.15) is 0 Å². The van der Waals surface area contributed by atoms with Gasteiger partial charge in [0.1, 0.15) is 32.7 Å². The van der Waals surface area contributed by atoms with Crippen LogP contribution in [0.1, 0.15) is 60.6 Å². The van der Waals surface area contributed by atoms with E-state index in [4.69, 9.17) is 98.0 Å². The summed E-state index contributed by atoms with van der Waals surface area (Å²) in [6, 6.07) is 60.8. The molecule has 17 aromatic rings. The molecule has 20 rings (SSSR count). The molecule has 8 heterocycles. The minimum Gasteiger partial charge on any atom is -0.493 e. The lowest BCUT2D eigenvalue weighted by Gasteiger charge is -2.23. The van der Waals surface area contributed by atoms with Crippen LogP contribution in [0.2, 0.25) is 30.1 Å². The quantitative estimate of drug-likeness (QED) is 0.0329. The van der Waals surface area contributed by atoms with Gasteiger partial charge in [-0.3, -0.25) is 52.7 Å². The molecule has 1 atom stereocenters. The van der Waals surface area contributed by atoms with Gasteiger partial charge in [0, 0.05) is 80.4 Å². The number of hydrogen-bond donors (Lipinski definition) is 7. The van der Waals surface area contributed by atoms with E-state index in [1.54, 1.807) is 152 Å². The van der Waals surface area contributed by atoms with E-state index in [0.717, 1.165) is 72.8 Å².